The van der Waals surface area contributed by atoms with Crippen molar-refractivity contribution in [2.24, 2.45) is 0 Å². The second-order valence-corrected chi connectivity index (χ2v) is 7.82. The number of halogens is 1. The van der Waals surface area contributed by atoms with E-state index in [1.807, 2.05) is 0 Å². The summed E-state index contributed by atoms with van der Waals surface area (Å²) in [7, 11) is 0. The first kappa shape index (κ1) is 18.2. The lowest BCUT2D eigenvalue weighted by Gasteiger charge is -2.36. The number of carbonyl (C=O) groups is 1. The maximum atomic E-state index is 12.8. The third-order valence-corrected chi connectivity index (χ3v) is 5.88. The van der Waals surface area contributed by atoms with E-state index < -0.39 is 5.41 Å². The van der Waals surface area contributed by atoms with E-state index in [2.05, 4.69) is 25.1 Å². The van der Waals surface area contributed by atoms with Gasteiger partial charge in [0.25, 0.3) is 0 Å². The Bertz CT molecular complexity index is 1070. The first-order valence-electron chi connectivity index (χ1n) is 9.66. The average Bonchev–Trinajstić information content (AvgIpc) is 3.16. The number of hydrogen-bond donors (Lipinski definition) is 0. The van der Waals surface area contributed by atoms with Crippen LogP contribution < -0.4 is 4.74 Å². The molecule has 0 unspecified atom stereocenters. The normalized spacial score (nSPS) is 21.2. The molecule has 3 aromatic rings. The molecule has 29 heavy (non-hydrogen) atoms. The fourth-order valence-corrected chi connectivity index (χ4v) is 4.56. The molecule has 148 valence electrons. The van der Waals surface area contributed by atoms with Gasteiger partial charge in [-0.05, 0) is 32.1 Å². The van der Waals surface area contributed by atoms with Crippen LogP contribution in [0.2, 0.25) is 5.15 Å². The molecule has 1 spiro atoms. The highest BCUT2D eigenvalue weighted by Crippen LogP contribution is 2.47. The fraction of sp³-hybridized carbons (Fsp3) is 0.400. The number of rotatable bonds is 3. The Balaban J connectivity index is 1.54. The van der Waals surface area contributed by atoms with Crippen molar-refractivity contribution < 1.29 is 14.1 Å². The lowest BCUT2D eigenvalue weighted by Crippen LogP contribution is -2.41. The smallest absolute Gasteiger partial charge is 0.224 e. The molecule has 3 aromatic heterocycles. The van der Waals surface area contributed by atoms with E-state index in [-0.39, 0.29) is 16.8 Å². The predicted molar refractivity (Wildman–Crippen MR) is 103 cm³/mol. The Hall–Kier alpha value is -2.87. The minimum Gasteiger partial charge on any atom is -0.436 e. The van der Waals surface area contributed by atoms with Crippen molar-refractivity contribution in [3.8, 4) is 23.1 Å². The van der Waals surface area contributed by atoms with Gasteiger partial charge < -0.3 is 9.26 Å². The summed E-state index contributed by atoms with van der Waals surface area (Å²) in [5.41, 5.74) is 0.882. The zero-order valence-electron chi connectivity index (χ0n) is 15.6. The van der Waals surface area contributed by atoms with Crippen LogP contribution in [-0.2, 0) is 16.6 Å². The van der Waals surface area contributed by atoms with Gasteiger partial charge in [0.15, 0.2) is 23.0 Å². The molecule has 0 N–H and O–H groups in total. The Morgan fingerprint density at radius 2 is 1.90 bits per heavy atom. The zero-order chi connectivity index (χ0) is 19.8. The Kier molecular flexibility index (Phi) is 4.50. The number of fused-ring (bicyclic) bond motifs is 2. The lowest BCUT2D eigenvalue weighted by molar-refractivity contribution is -0.128. The fourth-order valence-electron chi connectivity index (χ4n) is 4.38. The van der Waals surface area contributed by atoms with Crippen LogP contribution in [0.5, 0.6) is 11.6 Å². The first-order valence-corrected chi connectivity index (χ1v) is 10.0. The van der Waals surface area contributed by atoms with Gasteiger partial charge in [0.05, 0.1) is 17.8 Å². The molecular formula is C20H18ClN5O3. The Morgan fingerprint density at radius 1 is 1.07 bits per heavy atom. The monoisotopic (exact) mass is 411 g/mol. The SMILES string of the molecule is O=C1CCCC[C@@]12CCCc1c(-c3nc(Cl)cc(Oc4cncnc4)n3)noc12. The van der Waals surface area contributed by atoms with Crippen molar-refractivity contribution in [2.45, 2.75) is 50.4 Å². The average molecular weight is 412 g/mol. The maximum absolute atomic E-state index is 12.8. The molecule has 0 aliphatic heterocycles. The van der Waals surface area contributed by atoms with Gasteiger partial charge in [-0.15, -0.1) is 0 Å². The quantitative estimate of drug-likeness (QED) is 0.593. The van der Waals surface area contributed by atoms with Crippen LogP contribution in [-0.4, -0.2) is 30.9 Å². The molecule has 0 radical (unpaired) electrons. The van der Waals surface area contributed by atoms with Gasteiger partial charge >= 0.3 is 0 Å². The van der Waals surface area contributed by atoms with E-state index >= 15 is 0 Å². The summed E-state index contributed by atoms with van der Waals surface area (Å²) in [5, 5.41) is 4.47. The van der Waals surface area contributed by atoms with Gasteiger partial charge in [0.1, 0.15) is 17.3 Å². The summed E-state index contributed by atoms with van der Waals surface area (Å²) in [5.74, 6) is 1.95. The van der Waals surface area contributed by atoms with Crippen LogP contribution in [0, 0.1) is 0 Å². The number of carbonyl (C=O) groups excluding carboxylic acids is 1. The summed E-state index contributed by atoms with van der Waals surface area (Å²) >= 11 is 6.21. The highest BCUT2D eigenvalue weighted by atomic mass is 35.5. The minimum absolute atomic E-state index is 0.220. The largest absolute Gasteiger partial charge is 0.436 e. The van der Waals surface area contributed by atoms with E-state index in [0.717, 1.165) is 44.1 Å². The van der Waals surface area contributed by atoms with Crippen LogP contribution in [0.15, 0.2) is 29.3 Å². The molecule has 3 heterocycles. The summed E-state index contributed by atoms with van der Waals surface area (Å²) in [6.07, 6.45) is 10.3. The summed E-state index contributed by atoms with van der Waals surface area (Å²) in [6, 6.07) is 1.51. The molecule has 8 nitrogen and oxygen atoms in total. The summed E-state index contributed by atoms with van der Waals surface area (Å²) < 4.78 is 11.4. The van der Waals surface area contributed by atoms with Crippen LogP contribution in [0.3, 0.4) is 0 Å². The summed E-state index contributed by atoms with van der Waals surface area (Å²) in [4.78, 5) is 29.4. The number of ketones is 1. The third-order valence-electron chi connectivity index (χ3n) is 5.69. The molecule has 5 rings (SSSR count). The van der Waals surface area contributed by atoms with Crippen LogP contribution in [0.4, 0.5) is 0 Å². The third kappa shape index (κ3) is 3.17. The molecule has 2 aliphatic carbocycles. The highest BCUT2D eigenvalue weighted by Gasteiger charge is 2.48. The second kappa shape index (κ2) is 7.18. The van der Waals surface area contributed by atoms with E-state index in [1.165, 1.54) is 24.8 Å². The van der Waals surface area contributed by atoms with Crippen molar-refractivity contribution in [3.63, 3.8) is 0 Å². The molecule has 1 fully saturated rings. The van der Waals surface area contributed by atoms with Gasteiger partial charge in [-0.3, -0.25) is 4.79 Å². The molecular weight excluding hydrogens is 394 g/mol. The van der Waals surface area contributed by atoms with Crippen LogP contribution in [0.1, 0.15) is 49.8 Å². The molecule has 2 aliphatic rings. The van der Waals surface area contributed by atoms with Crippen LogP contribution in [0.25, 0.3) is 11.5 Å². The number of ether oxygens (including phenoxy) is 1. The number of Topliss-reactive ketones (excluding diaryl/α,β-unsaturated/α-hetero) is 1. The van der Waals surface area contributed by atoms with E-state index in [9.17, 15) is 4.79 Å². The van der Waals surface area contributed by atoms with Crippen molar-refractivity contribution in [1.29, 1.82) is 0 Å². The van der Waals surface area contributed by atoms with Gasteiger partial charge in [-0.2, -0.15) is 4.98 Å². The highest BCUT2D eigenvalue weighted by molar-refractivity contribution is 6.29. The minimum atomic E-state index is -0.545. The molecule has 1 saturated carbocycles. The van der Waals surface area contributed by atoms with Crippen molar-refractivity contribution in [2.75, 3.05) is 0 Å². The molecule has 0 amide bonds. The van der Waals surface area contributed by atoms with E-state index in [4.69, 9.17) is 20.9 Å². The summed E-state index contributed by atoms with van der Waals surface area (Å²) in [6.45, 7) is 0. The molecule has 0 bridgehead atoms. The lowest BCUT2D eigenvalue weighted by atomic mass is 9.64. The molecule has 9 heteroatoms. The Labute approximate surface area is 171 Å². The molecule has 1 atom stereocenters. The predicted octanol–water partition coefficient (Wildman–Crippen LogP) is 4.08. The van der Waals surface area contributed by atoms with Gasteiger partial charge in [0.2, 0.25) is 5.88 Å². The number of nitrogens with zero attached hydrogens (tertiary/aromatic N) is 5. The van der Waals surface area contributed by atoms with Crippen LogP contribution >= 0.6 is 11.6 Å². The molecule has 0 saturated heterocycles. The topological polar surface area (TPSA) is 104 Å². The Morgan fingerprint density at radius 3 is 2.72 bits per heavy atom. The van der Waals surface area contributed by atoms with E-state index in [1.54, 1.807) is 0 Å². The molecule has 0 aromatic carbocycles. The standard InChI is InChI=1S/C20H18ClN5O3/c21-15-8-16(28-12-9-22-11-23-10-12)25-19(24-15)17-13-4-3-7-20(18(13)29-26-17)6-2-1-5-14(20)27/h8-11H,1-7H2/t20-/m1/s1. The van der Waals surface area contributed by atoms with Crippen molar-refractivity contribution in [3.05, 3.63) is 41.3 Å². The second-order valence-electron chi connectivity index (χ2n) is 7.43. The number of aromatic nitrogens is 5. The van der Waals surface area contributed by atoms with Gasteiger partial charge in [-0.1, -0.05) is 23.2 Å². The van der Waals surface area contributed by atoms with E-state index in [0.29, 0.717) is 29.4 Å². The van der Waals surface area contributed by atoms with Crippen molar-refractivity contribution >= 4 is 17.4 Å². The van der Waals surface area contributed by atoms with Crippen molar-refractivity contribution in [1.82, 2.24) is 25.1 Å². The van der Waals surface area contributed by atoms with Gasteiger partial charge in [-0.25, -0.2) is 15.0 Å². The number of hydrogen-bond acceptors (Lipinski definition) is 8. The zero-order valence-corrected chi connectivity index (χ0v) is 16.4. The van der Waals surface area contributed by atoms with Gasteiger partial charge in [0, 0.05) is 18.1 Å². The first-order chi connectivity index (χ1) is 14.2. The maximum Gasteiger partial charge on any atom is 0.224 e.